The highest BCUT2D eigenvalue weighted by atomic mass is 31.2. The van der Waals surface area contributed by atoms with Gasteiger partial charge in [-0.2, -0.15) is 26.3 Å². The smallest absolute Gasteiger partial charge is 0.321 e. The van der Waals surface area contributed by atoms with E-state index in [1.54, 1.807) is 0 Å². The number of rotatable bonds is 10. The van der Waals surface area contributed by atoms with E-state index in [1.165, 1.54) is 0 Å². The van der Waals surface area contributed by atoms with E-state index in [0.29, 0.717) is 24.3 Å². The third-order valence-electron chi connectivity index (χ3n) is 5.48. The Morgan fingerprint density at radius 2 is 0.864 bits per heavy atom. The van der Waals surface area contributed by atoms with E-state index in [1.807, 2.05) is 0 Å². The highest BCUT2D eigenvalue weighted by Crippen LogP contribution is 2.44. The van der Waals surface area contributed by atoms with E-state index in [9.17, 15) is 63.6 Å². The summed E-state index contributed by atoms with van der Waals surface area (Å²) in [7, 11) is -10.1. The summed E-state index contributed by atoms with van der Waals surface area (Å²) in [4.78, 5) is 44.1. The lowest BCUT2D eigenvalue weighted by atomic mass is 10.3. The SMILES string of the molecule is O=C(N(COP(=O)(O)c1ccc(P(=O)(O)OCN(C(=O)C(F)(F)F)c2ccc(F)cc2)cc1)c1ccc(F)cc1)C(F)(F)F. The fourth-order valence-corrected chi connectivity index (χ4v) is 5.19. The van der Waals surface area contributed by atoms with Crippen molar-refractivity contribution in [2.75, 3.05) is 23.3 Å². The van der Waals surface area contributed by atoms with Gasteiger partial charge in [0.25, 0.3) is 0 Å². The second-order valence-electron chi connectivity index (χ2n) is 8.49. The zero-order chi connectivity index (χ0) is 33.1. The van der Waals surface area contributed by atoms with Crippen molar-refractivity contribution in [2.24, 2.45) is 0 Å². The largest absolute Gasteiger partial charge is 0.471 e. The van der Waals surface area contributed by atoms with Crippen molar-refractivity contribution in [3.8, 4) is 0 Å². The predicted octanol–water partition coefficient (Wildman–Crippen LogP) is 4.73. The fourth-order valence-electron chi connectivity index (χ4n) is 3.30. The molecule has 3 aromatic rings. The molecule has 0 fully saturated rings. The lowest BCUT2D eigenvalue weighted by Gasteiger charge is -2.25. The van der Waals surface area contributed by atoms with Crippen molar-refractivity contribution in [1.82, 2.24) is 0 Å². The molecular weight excluding hydrogens is 658 g/mol. The molecule has 0 bridgehead atoms. The number of halogens is 8. The Labute approximate surface area is 242 Å². The van der Waals surface area contributed by atoms with Crippen LogP contribution in [0.15, 0.2) is 72.8 Å². The molecule has 0 aromatic heterocycles. The number of carbonyl (C=O) groups excluding carboxylic acids is 2. The Morgan fingerprint density at radius 1 is 0.591 bits per heavy atom. The minimum atomic E-state index is -5.46. The van der Waals surface area contributed by atoms with Crippen molar-refractivity contribution in [1.29, 1.82) is 0 Å². The fraction of sp³-hybridized carbons (Fsp3) is 0.167. The quantitative estimate of drug-likeness (QED) is 0.179. The first-order valence-electron chi connectivity index (χ1n) is 11.6. The zero-order valence-corrected chi connectivity index (χ0v) is 23.3. The van der Waals surface area contributed by atoms with Crippen LogP contribution in [0.4, 0.5) is 46.5 Å². The van der Waals surface area contributed by atoms with Gasteiger partial charge in [0.15, 0.2) is 0 Å². The third kappa shape index (κ3) is 8.71. The topological polar surface area (TPSA) is 134 Å². The molecule has 0 radical (unpaired) electrons. The molecule has 44 heavy (non-hydrogen) atoms. The van der Waals surface area contributed by atoms with Crippen molar-refractivity contribution in [3.63, 3.8) is 0 Å². The van der Waals surface area contributed by atoms with Gasteiger partial charge in [-0.1, -0.05) is 0 Å². The van der Waals surface area contributed by atoms with Crippen molar-refractivity contribution in [2.45, 2.75) is 12.4 Å². The molecule has 0 aliphatic heterocycles. The monoisotopic (exact) mass is 676 g/mol. The number of benzene rings is 3. The van der Waals surface area contributed by atoms with Crippen LogP contribution in [0.5, 0.6) is 0 Å². The third-order valence-corrected chi connectivity index (χ3v) is 8.31. The first-order chi connectivity index (χ1) is 20.2. The summed E-state index contributed by atoms with van der Waals surface area (Å²) in [5, 5.41) is -1.33. The minimum absolute atomic E-state index is 0.0957. The van der Waals surface area contributed by atoms with Gasteiger partial charge in [-0.3, -0.25) is 37.6 Å². The molecule has 0 heterocycles. The number of hydrogen-bond donors (Lipinski definition) is 2. The molecule has 0 saturated carbocycles. The first-order valence-corrected chi connectivity index (χ1v) is 14.7. The van der Waals surface area contributed by atoms with Crippen LogP contribution in [0.25, 0.3) is 0 Å². The number of hydrogen-bond acceptors (Lipinski definition) is 6. The lowest BCUT2D eigenvalue weighted by molar-refractivity contribution is -0.171. The molecule has 3 rings (SSSR count). The summed E-state index contributed by atoms with van der Waals surface area (Å²) in [6, 6.07) is 8.79. The molecule has 2 atom stereocenters. The standard InChI is InChI=1S/C24H18F8N2O8P2/c25-15-1-5-17(6-2-15)33(21(35)23(27,28)29)13-41-43(37,38)19-9-11-20(12-10-19)44(39,40)42-14-34(22(36)24(30,31)32)18-7-3-16(26)4-8-18/h1-12H,13-14H2,(H,37,38)(H,39,40). The van der Waals surface area contributed by atoms with Gasteiger partial charge in [0, 0.05) is 11.4 Å². The minimum Gasteiger partial charge on any atom is -0.321 e. The van der Waals surface area contributed by atoms with Crippen LogP contribution >= 0.6 is 15.2 Å². The van der Waals surface area contributed by atoms with E-state index < -0.39 is 86.4 Å². The molecule has 3 aromatic carbocycles. The van der Waals surface area contributed by atoms with Gasteiger partial charge in [-0.15, -0.1) is 0 Å². The van der Waals surface area contributed by atoms with Crippen molar-refractivity contribution in [3.05, 3.63) is 84.4 Å². The average molecular weight is 676 g/mol. The van der Waals surface area contributed by atoms with E-state index in [-0.39, 0.29) is 9.80 Å². The van der Waals surface area contributed by atoms with Crippen LogP contribution in [0.2, 0.25) is 0 Å². The average Bonchev–Trinajstić information content (AvgIpc) is 2.94. The molecule has 10 nitrogen and oxygen atoms in total. The number of amides is 2. The molecule has 2 unspecified atom stereocenters. The van der Waals surface area contributed by atoms with E-state index in [4.69, 9.17) is 0 Å². The van der Waals surface area contributed by atoms with Gasteiger partial charge in [0.05, 0.1) is 10.6 Å². The number of anilines is 2. The summed E-state index contributed by atoms with van der Waals surface area (Å²) in [5.41, 5.74) is -1.08. The number of carbonyl (C=O) groups is 2. The van der Waals surface area contributed by atoms with Crippen LogP contribution in [0.1, 0.15) is 0 Å². The number of nitrogens with zero attached hydrogens (tertiary/aromatic N) is 2. The maximum absolute atomic E-state index is 13.2. The van der Waals surface area contributed by atoms with Gasteiger partial charge < -0.3 is 9.79 Å². The molecule has 20 heteroatoms. The van der Waals surface area contributed by atoms with Crippen LogP contribution < -0.4 is 20.4 Å². The highest BCUT2D eigenvalue weighted by molar-refractivity contribution is 7.62. The summed E-state index contributed by atoms with van der Waals surface area (Å²) in [6.45, 7) is -2.90. The van der Waals surface area contributed by atoms with Crippen LogP contribution in [-0.4, -0.2) is 47.4 Å². The van der Waals surface area contributed by atoms with E-state index in [2.05, 4.69) is 9.05 Å². The van der Waals surface area contributed by atoms with Crippen LogP contribution in [-0.2, 0) is 27.8 Å². The van der Waals surface area contributed by atoms with Crippen molar-refractivity contribution < 1.29 is 72.7 Å². The Bertz CT molecular complexity index is 1470. The molecule has 0 saturated heterocycles. The molecule has 0 spiro atoms. The normalized spacial score (nSPS) is 14.8. The summed E-state index contributed by atoms with van der Waals surface area (Å²) >= 11 is 0. The molecule has 238 valence electrons. The highest BCUT2D eigenvalue weighted by Gasteiger charge is 2.45. The van der Waals surface area contributed by atoms with Crippen LogP contribution in [0.3, 0.4) is 0 Å². The maximum atomic E-state index is 13.2. The summed E-state index contributed by atoms with van der Waals surface area (Å²) < 4.78 is 140. The molecule has 2 amide bonds. The molecule has 2 N–H and O–H groups in total. The Kier molecular flexibility index (Phi) is 10.4. The molecule has 0 aliphatic rings. The summed E-state index contributed by atoms with van der Waals surface area (Å²) in [6.07, 6.45) is -10.9. The Morgan fingerprint density at radius 3 is 1.11 bits per heavy atom. The molecular formula is C24H18F8N2O8P2. The second kappa shape index (κ2) is 13.1. The predicted molar refractivity (Wildman–Crippen MR) is 137 cm³/mol. The van der Waals surface area contributed by atoms with Gasteiger partial charge >= 0.3 is 39.4 Å². The van der Waals surface area contributed by atoms with Gasteiger partial charge in [0.1, 0.15) is 25.1 Å². The van der Waals surface area contributed by atoms with E-state index >= 15 is 0 Å². The zero-order valence-electron chi connectivity index (χ0n) is 21.5. The van der Waals surface area contributed by atoms with E-state index in [0.717, 1.165) is 48.5 Å². The Hall–Kier alpha value is -3.66. The Balaban J connectivity index is 1.77. The first kappa shape index (κ1) is 34.8. The second-order valence-corrected chi connectivity index (χ2v) is 12.1. The summed E-state index contributed by atoms with van der Waals surface area (Å²) in [5.74, 6) is -6.75. The van der Waals surface area contributed by atoms with Crippen molar-refractivity contribution >= 4 is 49.0 Å². The van der Waals surface area contributed by atoms with Gasteiger partial charge in [-0.05, 0) is 72.8 Å². The molecule has 0 aliphatic carbocycles. The van der Waals surface area contributed by atoms with Gasteiger partial charge in [0.2, 0.25) is 0 Å². The lowest BCUT2D eigenvalue weighted by Crippen LogP contribution is -2.42. The number of alkyl halides is 6. The maximum Gasteiger partial charge on any atom is 0.471 e. The van der Waals surface area contributed by atoms with Gasteiger partial charge in [-0.25, -0.2) is 8.78 Å². The van der Waals surface area contributed by atoms with Crippen LogP contribution in [0, 0.1) is 11.6 Å².